The summed E-state index contributed by atoms with van der Waals surface area (Å²) >= 11 is 6.48. The van der Waals surface area contributed by atoms with Crippen molar-refractivity contribution in [1.29, 1.82) is 0 Å². The van der Waals surface area contributed by atoms with Crippen molar-refractivity contribution in [2.24, 2.45) is 0 Å². The minimum atomic E-state index is 0.608. The molecule has 3 heteroatoms. The fraction of sp³-hybridized carbons (Fsp3) is 0.111. The molecule has 12 heavy (non-hydrogen) atoms. The highest BCUT2D eigenvalue weighted by molar-refractivity contribution is 9.12. The summed E-state index contributed by atoms with van der Waals surface area (Å²) in [5, 5.41) is 0. The summed E-state index contributed by atoms with van der Waals surface area (Å²) in [5.74, 6) is 0. The van der Waals surface area contributed by atoms with Crippen molar-refractivity contribution in [3.05, 3.63) is 45.3 Å². The minimum Gasteiger partial charge on any atom is -0.0979 e. The Morgan fingerprint density at radius 1 is 1.33 bits per heavy atom. The molecule has 62 valence electrons. The molecule has 0 nitrogen and oxygen atoms in total. The second kappa shape index (κ2) is 6.50. The van der Waals surface area contributed by atoms with Gasteiger partial charge in [0.1, 0.15) is 7.85 Å². The maximum atomic E-state index is 5.45. The van der Waals surface area contributed by atoms with Crippen molar-refractivity contribution in [3.63, 3.8) is 0 Å². The van der Waals surface area contributed by atoms with Gasteiger partial charge in [-0.3, -0.25) is 0 Å². The monoisotopic (exact) mass is 286 g/mol. The summed E-state index contributed by atoms with van der Waals surface area (Å²) in [6.07, 6.45) is 7.44. The fourth-order valence-corrected chi connectivity index (χ4v) is 1.11. The first-order chi connectivity index (χ1) is 5.60. The first kappa shape index (κ1) is 12.0. The van der Waals surface area contributed by atoms with Gasteiger partial charge in [-0.05, 0) is 18.6 Å². The quantitative estimate of drug-likeness (QED) is 0.547. The molecule has 2 radical (unpaired) electrons. The van der Waals surface area contributed by atoms with E-state index in [1.54, 1.807) is 6.08 Å². The highest BCUT2D eigenvalue weighted by atomic mass is 79.9. The Morgan fingerprint density at radius 2 is 1.92 bits per heavy atom. The van der Waals surface area contributed by atoms with Crippen molar-refractivity contribution < 1.29 is 0 Å². The number of hydrogen-bond donors (Lipinski definition) is 0. The molecule has 0 aliphatic heterocycles. The Labute approximate surface area is 91.8 Å². The molecule has 0 bridgehead atoms. The summed E-state index contributed by atoms with van der Waals surface area (Å²) in [4.78, 5) is 0. The van der Waals surface area contributed by atoms with Gasteiger partial charge in [-0.25, -0.2) is 0 Å². The number of halogens is 2. The van der Waals surface area contributed by atoms with E-state index in [4.69, 9.17) is 7.85 Å². The van der Waals surface area contributed by atoms with Gasteiger partial charge in [0.15, 0.2) is 0 Å². The topological polar surface area (TPSA) is 0 Å². The van der Waals surface area contributed by atoms with Gasteiger partial charge in [-0.15, -0.1) is 0 Å². The smallest absolute Gasteiger partial charge is 0.0979 e. The van der Waals surface area contributed by atoms with Gasteiger partial charge in [0.25, 0.3) is 0 Å². The van der Waals surface area contributed by atoms with E-state index in [-0.39, 0.29) is 0 Å². The highest BCUT2D eigenvalue weighted by Crippen LogP contribution is 2.13. The normalized spacial score (nSPS) is 14.8. The Morgan fingerprint density at radius 3 is 2.25 bits per heavy atom. The van der Waals surface area contributed by atoms with Crippen molar-refractivity contribution in [1.82, 2.24) is 0 Å². The van der Waals surface area contributed by atoms with Crippen LogP contribution in [0.1, 0.15) is 6.92 Å². The first-order valence-electron chi connectivity index (χ1n) is 3.38. The van der Waals surface area contributed by atoms with Crippen LogP contribution >= 0.6 is 31.9 Å². The third-order valence-electron chi connectivity index (χ3n) is 1.14. The molecule has 0 aliphatic carbocycles. The lowest BCUT2D eigenvalue weighted by atomic mass is 10.1. The van der Waals surface area contributed by atoms with Crippen LogP contribution in [0.2, 0.25) is 0 Å². The molecule has 0 N–H and O–H groups in total. The third kappa shape index (κ3) is 5.61. The van der Waals surface area contributed by atoms with Gasteiger partial charge in [0, 0.05) is 4.48 Å². The molecular formula is C9H9BBr2. The van der Waals surface area contributed by atoms with E-state index in [2.05, 4.69) is 38.4 Å². The lowest BCUT2D eigenvalue weighted by molar-refractivity contribution is 1.60. The molecule has 0 fully saturated rings. The molecule has 0 aromatic carbocycles. The molecule has 0 heterocycles. The van der Waals surface area contributed by atoms with E-state index < -0.39 is 0 Å². The second-order valence-corrected chi connectivity index (χ2v) is 3.88. The zero-order chi connectivity index (χ0) is 9.56. The predicted molar refractivity (Wildman–Crippen MR) is 63.7 cm³/mol. The molecule has 0 saturated carbocycles. The van der Waals surface area contributed by atoms with E-state index in [0.717, 1.165) is 10.1 Å². The van der Waals surface area contributed by atoms with Crippen molar-refractivity contribution in [3.8, 4) is 0 Å². The van der Waals surface area contributed by atoms with Crippen LogP contribution in [-0.4, -0.2) is 7.85 Å². The van der Waals surface area contributed by atoms with E-state index >= 15 is 0 Å². The van der Waals surface area contributed by atoms with Gasteiger partial charge in [0.05, 0.1) is 0 Å². The molecule has 0 aromatic heterocycles. The summed E-state index contributed by atoms with van der Waals surface area (Å²) in [6.45, 7) is 5.57. The van der Waals surface area contributed by atoms with Crippen LogP contribution in [0.25, 0.3) is 0 Å². The SMILES string of the molecule is [B]/C(Br)=C/C(=C/C)/C=C(/Br)C=C. The summed E-state index contributed by atoms with van der Waals surface area (Å²) in [7, 11) is 5.45. The van der Waals surface area contributed by atoms with Crippen LogP contribution in [-0.2, 0) is 0 Å². The van der Waals surface area contributed by atoms with Crippen LogP contribution in [0.15, 0.2) is 45.3 Å². The molecule has 0 unspecified atom stereocenters. The van der Waals surface area contributed by atoms with Crippen molar-refractivity contribution >= 4 is 39.7 Å². The lowest BCUT2D eigenvalue weighted by Crippen LogP contribution is -1.74. The zero-order valence-electron chi connectivity index (χ0n) is 6.85. The highest BCUT2D eigenvalue weighted by Gasteiger charge is 1.88. The van der Waals surface area contributed by atoms with E-state index in [1.165, 1.54) is 0 Å². The molecule has 0 saturated heterocycles. The van der Waals surface area contributed by atoms with Gasteiger partial charge >= 0.3 is 0 Å². The van der Waals surface area contributed by atoms with Crippen LogP contribution in [0.5, 0.6) is 0 Å². The number of rotatable bonds is 3. The second-order valence-electron chi connectivity index (χ2n) is 2.05. The number of allylic oxidation sites excluding steroid dienone is 6. The average molecular weight is 288 g/mol. The Bertz CT molecular complexity index is 245. The van der Waals surface area contributed by atoms with Crippen molar-refractivity contribution in [2.45, 2.75) is 6.92 Å². The summed E-state index contributed by atoms with van der Waals surface area (Å²) in [6, 6.07) is 0. The molecule has 0 atom stereocenters. The fourth-order valence-electron chi connectivity index (χ4n) is 0.586. The minimum absolute atomic E-state index is 0.608. The largest absolute Gasteiger partial charge is 0.124 e. The van der Waals surface area contributed by atoms with Crippen molar-refractivity contribution in [2.75, 3.05) is 0 Å². The maximum absolute atomic E-state index is 5.45. The molecule has 0 spiro atoms. The Kier molecular flexibility index (Phi) is 6.49. The predicted octanol–water partition coefficient (Wildman–Crippen LogP) is 3.80. The van der Waals surface area contributed by atoms with Crippen LogP contribution < -0.4 is 0 Å². The lowest BCUT2D eigenvalue weighted by Gasteiger charge is -1.94. The molecular weight excluding hydrogens is 279 g/mol. The van der Waals surface area contributed by atoms with Gasteiger partial charge < -0.3 is 0 Å². The molecule has 0 aromatic rings. The van der Waals surface area contributed by atoms with E-state index in [0.29, 0.717) is 4.38 Å². The van der Waals surface area contributed by atoms with Gasteiger partial charge in [0.2, 0.25) is 0 Å². The summed E-state index contributed by atoms with van der Waals surface area (Å²) in [5.41, 5.74) is 1.02. The molecule has 0 amide bonds. The average Bonchev–Trinajstić information content (AvgIpc) is 2.02. The molecule has 0 aliphatic rings. The molecule has 0 rings (SSSR count). The van der Waals surface area contributed by atoms with Gasteiger partial charge in [-0.1, -0.05) is 61.0 Å². The van der Waals surface area contributed by atoms with E-state index in [1.807, 2.05) is 25.2 Å². The standard InChI is InChI=1S/C9H9BBr2/c1-3-7(6-9(10)12)5-8(11)4-2/h3-6H,2H2,1H3/b7-3+,8-5+,9-6-. The zero-order valence-corrected chi connectivity index (χ0v) is 10.0. The number of hydrogen-bond acceptors (Lipinski definition) is 0. The Hall–Kier alpha value is -0.0151. The first-order valence-corrected chi connectivity index (χ1v) is 4.97. The van der Waals surface area contributed by atoms with Gasteiger partial charge in [-0.2, -0.15) is 0 Å². The maximum Gasteiger partial charge on any atom is 0.124 e. The van der Waals surface area contributed by atoms with E-state index in [9.17, 15) is 0 Å². The van der Waals surface area contributed by atoms with Crippen LogP contribution in [0.3, 0.4) is 0 Å². The van der Waals surface area contributed by atoms with Crippen LogP contribution in [0, 0.1) is 0 Å². The third-order valence-corrected chi connectivity index (χ3v) is 1.92. The Balaban J connectivity index is 4.62. The summed E-state index contributed by atoms with van der Waals surface area (Å²) < 4.78 is 1.54. The van der Waals surface area contributed by atoms with Crippen LogP contribution in [0.4, 0.5) is 0 Å².